The molecule has 0 atom stereocenters. The molecule has 0 aromatic carbocycles. The number of esters is 1. The first-order valence-electron chi connectivity index (χ1n) is 4.41. The van der Waals surface area contributed by atoms with Crippen LogP contribution in [-0.4, -0.2) is 42.2 Å². The van der Waals surface area contributed by atoms with Crippen molar-refractivity contribution in [2.45, 2.75) is 26.4 Å². The predicted octanol–water partition coefficient (Wildman–Crippen LogP) is 0.764. The van der Waals surface area contributed by atoms with Gasteiger partial charge in [-0.25, -0.2) is 0 Å². The quantitative estimate of drug-likeness (QED) is 0.547. The maximum atomic E-state index is 11.3. The van der Waals surface area contributed by atoms with E-state index in [1.807, 2.05) is 20.8 Å². The molecule has 82 valence electrons. The van der Waals surface area contributed by atoms with E-state index in [-0.39, 0.29) is 12.5 Å². The lowest BCUT2D eigenvalue weighted by Crippen LogP contribution is -2.40. The topological polar surface area (TPSA) is 41.6 Å². The molecule has 0 unspecified atom stereocenters. The van der Waals surface area contributed by atoms with Gasteiger partial charge in [-0.2, -0.15) is 0 Å². The Bertz CT molecular complexity index is 223. The number of hydrogen-bond donors (Lipinski definition) is 1. The van der Waals surface area contributed by atoms with Gasteiger partial charge in [0.15, 0.2) is 5.11 Å². The molecule has 14 heavy (non-hydrogen) atoms. The van der Waals surface area contributed by atoms with E-state index in [1.54, 1.807) is 19.0 Å². The van der Waals surface area contributed by atoms with E-state index in [0.29, 0.717) is 5.11 Å². The summed E-state index contributed by atoms with van der Waals surface area (Å²) in [7, 11) is 3.46. The molecular formula is C9H18N2O2S. The monoisotopic (exact) mass is 218 g/mol. The van der Waals surface area contributed by atoms with Gasteiger partial charge in [0.25, 0.3) is 0 Å². The van der Waals surface area contributed by atoms with Crippen LogP contribution in [0.15, 0.2) is 0 Å². The summed E-state index contributed by atoms with van der Waals surface area (Å²) in [6.07, 6.45) is 0. The Morgan fingerprint density at radius 1 is 1.50 bits per heavy atom. The molecule has 0 aromatic rings. The van der Waals surface area contributed by atoms with Crippen LogP contribution >= 0.6 is 12.2 Å². The molecule has 0 bridgehead atoms. The van der Waals surface area contributed by atoms with Crippen LogP contribution < -0.4 is 5.32 Å². The van der Waals surface area contributed by atoms with Gasteiger partial charge in [0.1, 0.15) is 12.1 Å². The predicted molar refractivity (Wildman–Crippen MR) is 60.1 cm³/mol. The van der Waals surface area contributed by atoms with Gasteiger partial charge in [-0.3, -0.25) is 4.79 Å². The highest BCUT2D eigenvalue weighted by Crippen LogP contribution is 2.06. The summed E-state index contributed by atoms with van der Waals surface area (Å²) in [6.45, 7) is 5.67. The maximum Gasteiger partial charge on any atom is 0.326 e. The number of thiocarbonyl (C=S) groups is 1. The Morgan fingerprint density at radius 3 is 2.36 bits per heavy atom. The zero-order valence-corrected chi connectivity index (χ0v) is 10.2. The zero-order valence-electron chi connectivity index (χ0n) is 9.38. The molecule has 0 aliphatic heterocycles. The number of rotatable bonds is 2. The molecule has 0 amide bonds. The normalized spacial score (nSPS) is 10.6. The van der Waals surface area contributed by atoms with Crippen LogP contribution in [0.25, 0.3) is 0 Å². The summed E-state index contributed by atoms with van der Waals surface area (Å²) in [5.74, 6) is -0.280. The minimum atomic E-state index is -0.445. The van der Waals surface area contributed by atoms with Gasteiger partial charge >= 0.3 is 5.97 Å². The smallest absolute Gasteiger partial charge is 0.326 e. The van der Waals surface area contributed by atoms with Gasteiger partial charge in [-0.05, 0) is 33.0 Å². The summed E-state index contributed by atoms with van der Waals surface area (Å²) in [5.41, 5.74) is -0.445. The molecule has 0 radical (unpaired) electrons. The highest BCUT2D eigenvalue weighted by Gasteiger charge is 2.17. The minimum Gasteiger partial charge on any atom is -0.459 e. The number of carbonyl (C=O) groups excluding carboxylic acids is 1. The second kappa shape index (κ2) is 5.14. The Hall–Kier alpha value is -0.840. The third kappa shape index (κ3) is 5.75. The van der Waals surface area contributed by atoms with Crippen molar-refractivity contribution in [1.29, 1.82) is 0 Å². The number of likely N-dealkylation sites (N-methyl/N-ethyl adjacent to an activating group) is 1. The van der Waals surface area contributed by atoms with Crippen molar-refractivity contribution in [3.05, 3.63) is 0 Å². The van der Waals surface area contributed by atoms with Crippen LogP contribution in [-0.2, 0) is 9.53 Å². The Kier molecular flexibility index (Phi) is 4.83. The third-order valence-electron chi connectivity index (χ3n) is 1.35. The van der Waals surface area contributed by atoms with Crippen LogP contribution in [0.5, 0.6) is 0 Å². The number of nitrogens with zero attached hydrogens (tertiary/aromatic N) is 1. The van der Waals surface area contributed by atoms with Gasteiger partial charge in [-0.1, -0.05) is 0 Å². The lowest BCUT2D eigenvalue weighted by atomic mass is 10.2. The van der Waals surface area contributed by atoms with Crippen LogP contribution in [0.3, 0.4) is 0 Å². The van der Waals surface area contributed by atoms with Crippen molar-refractivity contribution in [3.8, 4) is 0 Å². The molecule has 1 N–H and O–H groups in total. The highest BCUT2D eigenvalue weighted by molar-refractivity contribution is 7.80. The van der Waals surface area contributed by atoms with Crippen molar-refractivity contribution < 1.29 is 9.53 Å². The van der Waals surface area contributed by atoms with E-state index in [1.165, 1.54) is 0 Å². The van der Waals surface area contributed by atoms with Crippen LogP contribution in [0.1, 0.15) is 20.8 Å². The summed E-state index contributed by atoms with van der Waals surface area (Å²) in [5, 5.41) is 3.31. The van der Waals surface area contributed by atoms with Crippen molar-refractivity contribution in [3.63, 3.8) is 0 Å². The number of nitrogens with one attached hydrogen (secondary N) is 1. The molecule has 0 spiro atoms. The fraction of sp³-hybridized carbons (Fsp3) is 0.778. The molecule has 0 saturated carbocycles. The summed E-state index contributed by atoms with van der Waals surface area (Å²) in [4.78, 5) is 13.0. The Labute approximate surface area is 90.6 Å². The highest BCUT2D eigenvalue weighted by atomic mass is 32.1. The second-order valence-corrected chi connectivity index (χ2v) is 4.38. The average Bonchev–Trinajstić information content (AvgIpc) is 1.99. The molecule has 0 aliphatic rings. The lowest BCUT2D eigenvalue weighted by Gasteiger charge is -2.23. The fourth-order valence-corrected chi connectivity index (χ4v) is 0.895. The number of hydrogen-bond acceptors (Lipinski definition) is 3. The SMILES string of the molecule is CNC(=S)N(C)CC(=O)OC(C)(C)C. The van der Waals surface area contributed by atoms with Gasteiger partial charge < -0.3 is 15.0 Å². The number of ether oxygens (including phenoxy) is 1. The standard InChI is InChI=1S/C9H18N2O2S/c1-9(2,3)13-7(12)6-11(5)8(14)10-4/h6H2,1-5H3,(H,10,14). The summed E-state index contributed by atoms with van der Waals surface area (Å²) >= 11 is 4.94. The Morgan fingerprint density at radius 2 is 2.00 bits per heavy atom. The lowest BCUT2D eigenvalue weighted by molar-refractivity contribution is -0.154. The summed E-state index contributed by atoms with van der Waals surface area (Å²) < 4.78 is 5.14. The van der Waals surface area contributed by atoms with Crippen molar-refractivity contribution >= 4 is 23.3 Å². The van der Waals surface area contributed by atoms with Gasteiger partial charge in [-0.15, -0.1) is 0 Å². The zero-order chi connectivity index (χ0) is 11.4. The van der Waals surface area contributed by atoms with Crippen molar-refractivity contribution in [2.24, 2.45) is 0 Å². The van der Waals surface area contributed by atoms with Crippen LogP contribution in [0, 0.1) is 0 Å². The van der Waals surface area contributed by atoms with E-state index in [9.17, 15) is 4.79 Å². The van der Waals surface area contributed by atoms with Crippen molar-refractivity contribution in [2.75, 3.05) is 20.6 Å². The van der Waals surface area contributed by atoms with Crippen LogP contribution in [0.2, 0.25) is 0 Å². The molecular weight excluding hydrogens is 200 g/mol. The molecule has 4 nitrogen and oxygen atoms in total. The van der Waals surface area contributed by atoms with Gasteiger partial charge in [0, 0.05) is 14.1 Å². The molecule has 0 saturated heterocycles. The van der Waals surface area contributed by atoms with Crippen molar-refractivity contribution in [1.82, 2.24) is 10.2 Å². The largest absolute Gasteiger partial charge is 0.459 e. The maximum absolute atomic E-state index is 11.3. The molecule has 5 heteroatoms. The molecule has 0 aliphatic carbocycles. The fourth-order valence-electron chi connectivity index (χ4n) is 0.830. The van der Waals surface area contributed by atoms with Gasteiger partial charge in [0.2, 0.25) is 0 Å². The average molecular weight is 218 g/mol. The molecule has 0 rings (SSSR count). The summed E-state index contributed by atoms with van der Waals surface area (Å²) in [6, 6.07) is 0. The van der Waals surface area contributed by atoms with E-state index < -0.39 is 5.60 Å². The first-order chi connectivity index (χ1) is 6.26. The number of carbonyl (C=O) groups is 1. The van der Waals surface area contributed by atoms with E-state index in [2.05, 4.69) is 5.32 Å². The van der Waals surface area contributed by atoms with Crippen LogP contribution in [0.4, 0.5) is 0 Å². The van der Waals surface area contributed by atoms with E-state index in [4.69, 9.17) is 17.0 Å². The molecule has 0 heterocycles. The Balaban J connectivity index is 4.01. The first kappa shape index (κ1) is 13.2. The van der Waals surface area contributed by atoms with Gasteiger partial charge in [0.05, 0.1) is 0 Å². The van der Waals surface area contributed by atoms with E-state index in [0.717, 1.165) is 0 Å². The molecule has 0 fully saturated rings. The first-order valence-corrected chi connectivity index (χ1v) is 4.82. The van der Waals surface area contributed by atoms with E-state index >= 15 is 0 Å². The minimum absolute atomic E-state index is 0.164. The second-order valence-electron chi connectivity index (χ2n) is 4.00. The molecule has 0 aromatic heterocycles. The third-order valence-corrected chi connectivity index (χ3v) is 1.86.